The zero-order valence-electron chi connectivity index (χ0n) is 11.9. The van der Waals surface area contributed by atoms with Crippen LogP contribution in [0, 0.1) is 29.1 Å². The molecule has 0 saturated heterocycles. The second-order valence-electron chi connectivity index (χ2n) is 4.46. The zero-order chi connectivity index (χ0) is 17.0. The summed E-state index contributed by atoms with van der Waals surface area (Å²) < 4.78 is 65.9. The molecular weight excluding hydrogens is 311 g/mol. The summed E-state index contributed by atoms with van der Waals surface area (Å²) in [5.74, 6) is -11.7. The Kier molecular flexibility index (Phi) is 6.24. The van der Waals surface area contributed by atoms with Gasteiger partial charge in [-0.2, -0.15) is 0 Å². The molecular formula is C13H15F5N2O2. The van der Waals surface area contributed by atoms with Gasteiger partial charge in [0.05, 0.1) is 12.6 Å². The van der Waals surface area contributed by atoms with E-state index in [4.69, 9.17) is 5.11 Å². The molecule has 0 aromatic heterocycles. The van der Waals surface area contributed by atoms with Crippen LogP contribution >= 0.6 is 0 Å². The number of likely N-dealkylation sites (N-methyl/N-ethyl adjacent to an activating group) is 1. The molecule has 1 atom stereocenters. The van der Waals surface area contributed by atoms with E-state index >= 15 is 0 Å². The van der Waals surface area contributed by atoms with Crippen molar-refractivity contribution in [2.75, 3.05) is 25.0 Å². The highest BCUT2D eigenvalue weighted by Crippen LogP contribution is 2.27. The maximum Gasteiger partial charge on any atom is 0.241 e. The van der Waals surface area contributed by atoms with Crippen LogP contribution in [0.5, 0.6) is 0 Å². The van der Waals surface area contributed by atoms with E-state index < -0.39 is 46.7 Å². The van der Waals surface area contributed by atoms with Crippen molar-refractivity contribution in [3.05, 3.63) is 29.1 Å². The minimum atomic E-state index is -2.29. The summed E-state index contributed by atoms with van der Waals surface area (Å²) in [5, 5.41) is 10.5. The van der Waals surface area contributed by atoms with Crippen LogP contribution < -0.4 is 5.32 Å². The first-order chi connectivity index (χ1) is 10.3. The Morgan fingerprint density at radius 2 is 1.55 bits per heavy atom. The number of nitrogens with one attached hydrogen (secondary N) is 1. The van der Waals surface area contributed by atoms with E-state index in [9.17, 15) is 26.7 Å². The summed E-state index contributed by atoms with van der Waals surface area (Å²) in [5.41, 5.74) is -1.40. The highest BCUT2D eigenvalue weighted by molar-refractivity contribution is 5.94. The van der Waals surface area contributed by atoms with Crippen molar-refractivity contribution in [1.82, 2.24) is 4.90 Å². The van der Waals surface area contributed by atoms with Gasteiger partial charge in [-0.05, 0) is 13.5 Å². The Bertz CT molecular complexity index is 539. The van der Waals surface area contributed by atoms with Crippen LogP contribution in [-0.2, 0) is 4.79 Å². The van der Waals surface area contributed by atoms with Gasteiger partial charge in [0.2, 0.25) is 11.7 Å². The molecule has 0 aliphatic heterocycles. The van der Waals surface area contributed by atoms with E-state index in [2.05, 4.69) is 0 Å². The van der Waals surface area contributed by atoms with Crippen LogP contribution in [0.4, 0.5) is 27.6 Å². The lowest BCUT2D eigenvalue weighted by Gasteiger charge is -2.26. The fraction of sp³-hybridized carbons (Fsp3) is 0.462. The summed E-state index contributed by atoms with van der Waals surface area (Å²) in [4.78, 5) is 13.4. The average molecular weight is 326 g/mol. The predicted octanol–water partition coefficient (Wildman–Crippen LogP) is 2.02. The fourth-order valence-electron chi connectivity index (χ4n) is 1.86. The molecule has 4 nitrogen and oxygen atoms in total. The molecule has 22 heavy (non-hydrogen) atoms. The number of carbonyl (C=O) groups is 1. The lowest BCUT2D eigenvalue weighted by atomic mass is 10.2. The normalized spacial score (nSPS) is 12.6. The van der Waals surface area contributed by atoms with Crippen LogP contribution in [0.3, 0.4) is 0 Å². The van der Waals surface area contributed by atoms with Crippen molar-refractivity contribution in [3.8, 4) is 0 Å². The lowest BCUT2D eigenvalue weighted by Crippen LogP contribution is -2.43. The molecule has 1 unspecified atom stereocenters. The highest BCUT2D eigenvalue weighted by atomic mass is 19.2. The van der Waals surface area contributed by atoms with Crippen molar-refractivity contribution in [2.45, 2.75) is 19.9 Å². The smallest absolute Gasteiger partial charge is 0.241 e. The van der Waals surface area contributed by atoms with Gasteiger partial charge >= 0.3 is 0 Å². The third-order valence-corrected chi connectivity index (χ3v) is 3.18. The molecule has 0 aliphatic carbocycles. The molecule has 0 spiro atoms. The predicted molar refractivity (Wildman–Crippen MR) is 68.7 cm³/mol. The first-order valence-corrected chi connectivity index (χ1v) is 6.43. The first kappa shape index (κ1) is 18.3. The quantitative estimate of drug-likeness (QED) is 0.478. The SMILES string of the molecule is CCN(CCO)C(C)C(=O)Nc1c(F)c(F)c(F)c(F)c1F. The molecule has 0 bridgehead atoms. The van der Waals surface area contributed by atoms with Crippen LogP contribution in [0.2, 0.25) is 0 Å². The van der Waals surface area contributed by atoms with Crippen molar-refractivity contribution >= 4 is 11.6 Å². The molecule has 1 amide bonds. The monoisotopic (exact) mass is 326 g/mol. The van der Waals surface area contributed by atoms with E-state index in [0.717, 1.165) is 0 Å². The summed E-state index contributed by atoms with van der Waals surface area (Å²) in [6, 6.07) is -0.938. The van der Waals surface area contributed by atoms with Crippen LogP contribution in [-0.4, -0.2) is 41.7 Å². The van der Waals surface area contributed by atoms with E-state index in [0.29, 0.717) is 6.54 Å². The van der Waals surface area contributed by atoms with Gasteiger partial charge in [0.1, 0.15) is 5.69 Å². The molecule has 1 aromatic rings. The van der Waals surface area contributed by atoms with Gasteiger partial charge in [0.15, 0.2) is 23.3 Å². The summed E-state index contributed by atoms with van der Waals surface area (Å²) >= 11 is 0. The topological polar surface area (TPSA) is 52.6 Å². The number of aliphatic hydroxyl groups is 1. The van der Waals surface area contributed by atoms with E-state index in [-0.39, 0.29) is 13.2 Å². The minimum Gasteiger partial charge on any atom is -0.395 e. The van der Waals surface area contributed by atoms with E-state index in [1.165, 1.54) is 11.8 Å². The number of benzene rings is 1. The molecule has 0 saturated carbocycles. The van der Waals surface area contributed by atoms with Crippen LogP contribution in [0.1, 0.15) is 13.8 Å². The van der Waals surface area contributed by atoms with Gasteiger partial charge in [-0.3, -0.25) is 9.69 Å². The Balaban J connectivity index is 3.07. The summed E-state index contributed by atoms with van der Waals surface area (Å²) in [6.45, 7) is 3.25. The fourth-order valence-corrected chi connectivity index (χ4v) is 1.86. The van der Waals surface area contributed by atoms with Gasteiger partial charge in [0.25, 0.3) is 0 Å². The highest BCUT2D eigenvalue weighted by Gasteiger charge is 2.28. The Morgan fingerprint density at radius 3 is 1.95 bits per heavy atom. The largest absolute Gasteiger partial charge is 0.395 e. The average Bonchev–Trinajstić information content (AvgIpc) is 2.51. The van der Waals surface area contributed by atoms with Gasteiger partial charge in [0, 0.05) is 6.54 Å². The molecule has 0 heterocycles. The lowest BCUT2D eigenvalue weighted by molar-refractivity contribution is -0.120. The number of rotatable bonds is 6. The second-order valence-corrected chi connectivity index (χ2v) is 4.46. The molecule has 0 radical (unpaired) electrons. The molecule has 2 N–H and O–H groups in total. The molecule has 1 aromatic carbocycles. The summed E-state index contributed by atoms with van der Waals surface area (Å²) in [7, 11) is 0. The molecule has 124 valence electrons. The van der Waals surface area contributed by atoms with Crippen LogP contribution in [0.15, 0.2) is 0 Å². The number of hydrogen-bond donors (Lipinski definition) is 2. The third-order valence-electron chi connectivity index (χ3n) is 3.18. The molecule has 0 aliphatic rings. The number of halogens is 5. The Hall–Kier alpha value is -1.74. The summed E-state index contributed by atoms with van der Waals surface area (Å²) in [6.07, 6.45) is 0. The van der Waals surface area contributed by atoms with Crippen molar-refractivity contribution in [2.24, 2.45) is 0 Å². The Labute approximate surface area is 123 Å². The molecule has 1 rings (SSSR count). The molecule has 9 heteroatoms. The van der Waals surface area contributed by atoms with Crippen molar-refractivity contribution < 1.29 is 31.9 Å². The van der Waals surface area contributed by atoms with Crippen molar-refractivity contribution in [3.63, 3.8) is 0 Å². The number of hydrogen-bond acceptors (Lipinski definition) is 3. The zero-order valence-corrected chi connectivity index (χ0v) is 11.9. The van der Waals surface area contributed by atoms with E-state index in [1.54, 1.807) is 12.2 Å². The van der Waals surface area contributed by atoms with Gasteiger partial charge < -0.3 is 10.4 Å². The molecule has 0 fully saturated rings. The van der Waals surface area contributed by atoms with Gasteiger partial charge in [-0.1, -0.05) is 6.92 Å². The standard InChI is InChI=1S/C13H15F5N2O2/c1-3-20(4-5-21)6(2)13(22)19-12-10(17)8(15)7(14)9(16)11(12)18/h6,21H,3-5H2,1-2H3,(H,19,22). The Morgan fingerprint density at radius 1 is 1.09 bits per heavy atom. The minimum absolute atomic E-state index is 0.113. The van der Waals surface area contributed by atoms with E-state index in [1.807, 2.05) is 0 Å². The first-order valence-electron chi connectivity index (χ1n) is 6.43. The maximum atomic E-state index is 13.5. The van der Waals surface area contributed by atoms with Gasteiger partial charge in [-0.15, -0.1) is 0 Å². The number of anilines is 1. The van der Waals surface area contributed by atoms with Crippen molar-refractivity contribution in [1.29, 1.82) is 0 Å². The number of carbonyl (C=O) groups excluding carboxylic acids is 1. The second kappa shape index (κ2) is 7.50. The maximum absolute atomic E-state index is 13.5. The van der Waals surface area contributed by atoms with Gasteiger partial charge in [-0.25, -0.2) is 22.0 Å². The number of aliphatic hydroxyl groups excluding tert-OH is 1. The van der Waals surface area contributed by atoms with Crippen LogP contribution in [0.25, 0.3) is 0 Å². The number of amides is 1. The number of nitrogens with zero attached hydrogens (tertiary/aromatic N) is 1. The third kappa shape index (κ3) is 3.53.